The number of thiophene rings is 1. The normalized spacial score (nSPS) is 20.2. The Morgan fingerprint density at radius 2 is 2.06 bits per heavy atom. The van der Waals surface area contributed by atoms with Gasteiger partial charge in [-0.3, -0.25) is 9.36 Å². The number of rotatable bonds is 6. The average molecular weight is 451 g/mol. The first-order valence-electron chi connectivity index (χ1n) is 11.4. The van der Waals surface area contributed by atoms with E-state index in [0.717, 1.165) is 41.6 Å². The van der Waals surface area contributed by atoms with Crippen molar-refractivity contribution in [2.24, 2.45) is 0 Å². The van der Waals surface area contributed by atoms with Gasteiger partial charge in [0.05, 0.1) is 22.1 Å². The largest absolute Gasteiger partial charge is 0.349 e. The molecule has 2 aliphatic carbocycles. The van der Waals surface area contributed by atoms with Gasteiger partial charge >= 0.3 is 0 Å². The monoisotopic (exact) mass is 450 g/mol. The van der Waals surface area contributed by atoms with Gasteiger partial charge in [-0.1, -0.05) is 19.8 Å². The van der Waals surface area contributed by atoms with Gasteiger partial charge in [-0.05, 0) is 44.2 Å². The zero-order valence-electron chi connectivity index (χ0n) is 18.0. The van der Waals surface area contributed by atoms with E-state index in [1.807, 2.05) is 22.9 Å². The van der Waals surface area contributed by atoms with Crippen LogP contribution in [0.15, 0.2) is 24.7 Å². The third-order valence-corrected chi connectivity index (χ3v) is 7.54. The number of hydrogen-bond donors (Lipinski definition) is 2. The molecule has 9 nitrogen and oxygen atoms in total. The first-order valence-corrected chi connectivity index (χ1v) is 12.3. The Kier molecular flexibility index (Phi) is 4.82. The predicted molar refractivity (Wildman–Crippen MR) is 123 cm³/mol. The van der Waals surface area contributed by atoms with Gasteiger partial charge in [-0.2, -0.15) is 4.98 Å². The summed E-state index contributed by atoms with van der Waals surface area (Å²) >= 11 is 1.42. The number of carbonyl (C=O) groups excluding carboxylic acids is 1. The SMILES string of the molecule is CC[C@@H]1c2nncn2-c2cnc(Nc3ccc(C(=O)NC4CC4)s3)nc2N1C1CCCC1. The van der Waals surface area contributed by atoms with E-state index in [1.165, 1.54) is 37.0 Å². The smallest absolute Gasteiger partial charge is 0.261 e. The minimum atomic E-state index is -0.00440. The van der Waals surface area contributed by atoms with Crippen molar-refractivity contribution in [3.05, 3.63) is 35.4 Å². The highest BCUT2D eigenvalue weighted by Gasteiger charge is 2.38. The lowest BCUT2D eigenvalue weighted by molar-refractivity contribution is 0.0955. The van der Waals surface area contributed by atoms with Gasteiger partial charge in [0.15, 0.2) is 11.6 Å². The zero-order valence-corrected chi connectivity index (χ0v) is 18.8. The lowest BCUT2D eigenvalue weighted by Gasteiger charge is -2.40. The quantitative estimate of drug-likeness (QED) is 0.586. The molecule has 6 rings (SSSR count). The second kappa shape index (κ2) is 7.84. The summed E-state index contributed by atoms with van der Waals surface area (Å²) in [5.41, 5.74) is 0.919. The number of carbonyl (C=O) groups is 1. The fourth-order valence-electron chi connectivity index (χ4n) is 4.83. The van der Waals surface area contributed by atoms with Crippen LogP contribution < -0.4 is 15.5 Å². The van der Waals surface area contributed by atoms with Crippen LogP contribution in [0, 0.1) is 0 Å². The summed E-state index contributed by atoms with van der Waals surface area (Å²) in [7, 11) is 0. The molecule has 0 bridgehead atoms. The van der Waals surface area contributed by atoms with E-state index in [2.05, 4.69) is 37.6 Å². The van der Waals surface area contributed by atoms with Crippen LogP contribution in [0.1, 0.15) is 73.4 Å². The Bertz CT molecular complexity index is 1150. The minimum absolute atomic E-state index is 0.00440. The molecule has 0 spiro atoms. The maximum absolute atomic E-state index is 12.3. The van der Waals surface area contributed by atoms with Gasteiger partial charge in [0.2, 0.25) is 5.95 Å². The number of amides is 1. The molecule has 0 saturated heterocycles. The van der Waals surface area contributed by atoms with E-state index in [9.17, 15) is 4.79 Å². The van der Waals surface area contributed by atoms with Crippen molar-refractivity contribution in [1.29, 1.82) is 0 Å². The lowest BCUT2D eigenvalue weighted by Crippen LogP contribution is -2.42. The second-order valence-electron chi connectivity index (χ2n) is 8.77. The highest BCUT2D eigenvalue weighted by atomic mass is 32.1. The first-order chi connectivity index (χ1) is 15.7. The third-order valence-electron chi connectivity index (χ3n) is 6.54. The number of nitrogens with one attached hydrogen (secondary N) is 2. The standard InChI is InChI=1S/C22H26N8OS/c1-2-15-20-28-24-12-29(20)16-11-23-22(27-19(16)30(15)14-5-3-4-6-14)26-18-10-9-17(32-18)21(31)25-13-7-8-13/h9-15H,2-8H2,1H3,(H,25,31)(H,23,26,27)/t15-/m1/s1. The van der Waals surface area contributed by atoms with Crippen molar-refractivity contribution in [2.45, 2.75) is 70.0 Å². The number of anilines is 3. The Morgan fingerprint density at radius 3 is 2.84 bits per heavy atom. The van der Waals surface area contributed by atoms with Gasteiger partial charge in [0, 0.05) is 12.1 Å². The zero-order chi connectivity index (χ0) is 21.7. The summed E-state index contributed by atoms with van der Waals surface area (Å²) in [5.74, 6) is 2.42. The van der Waals surface area contributed by atoms with Crippen molar-refractivity contribution in [1.82, 2.24) is 30.0 Å². The predicted octanol–water partition coefficient (Wildman–Crippen LogP) is 3.97. The summed E-state index contributed by atoms with van der Waals surface area (Å²) in [6, 6.07) is 4.71. The number of aromatic nitrogens is 5. The molecule has 1 aliphatic heterocycles. The van der Waals surface area contributed by atoms with Gasteiger partial charge in [-0.25, -0.2) is 4.98 Å². The van der Waals surface area contributed by atoms with Crippen LogP contribution in [0.25, 0.3) is 5.69 Å². The highest BCUT2D eigenvalue weighted by molar-refractivity contribution is 7.18. The van der Waals surface area contributed by atoms with Crippen molar-refractivity contribution in [2.75, 3.05) is 10.2 Å². The van der Waals surface area contributed by atoms with Crippen LogP contribution in [0.4, 0.5) is 16.8 Å². The Balaban J connectivity index is 1.32. The maximum Gasteiger partial charge on any atom is 0.261 e. The molecule has 3 aromatic rings. The summed E-state index contributed by atoms with van der Waals surface area (Å²) < 4.78 is 2.02. The van der Waals surface area contributed by atoms with E-state index < -0.39 is 0 Å². The molecule has 2 N–H and O–H groups in total. The van der Waals surface area contributed by atoms with Crippen LogP contribution in [0.2, 0.25) is 0 Å². The van der Waals surface area contributed by atoms with Crippen molar-refractivity contribution in [3.63, 3.8) is 0 Å². The van der Waals surface area contributed by atoms with E-state index in [1.54, 1.807) is 6.33 Å². The molecule has 2 saturated carbocycles. The summed E-state index contributed by atoms with van der Waals surface area (Å²) in [5, 5.41) is 15.8. The van der Waals surface area contributed by atoms with Gasteiger partial charge in [-0.15, -0.1) is 21.5 Å². The minimum Gasteiger partial charge on any atom is -0.349 e. The van der Waals surface area contributed by atoms with Crippen LogP contribution >= 0.6 is 11.3 Å². The summed E-state index contributed by atoms with van der Waals surface area (Å²) in [6.07, 6.45) is 11.5. The second-order valence-corrected chi connectivity index (χ2v) is 9.85. The highest BCUT2D eigenvalue weighted by Crippen LogP contribution is 2.42. The molecular weight excluding hydrogens is 424 g/mol. The van der Waals surface area contributed by atoms with Crippen LogP contribution in [-0.4, -0.2) is 42.7 Å². The molecular formula is C22H26N8OS. The van der Waals surface area contributed by atoms with Gasteiger partial charge in [0.1, 0.15) is 12.0 Å². The molecule has 0 aromatic carbocycles. The van der Waals surface area contributed by atoms with Gasteiger partial charge in [0.25, 0.3) is 5.91 Å². The van der Waals surface area contributed by atoms with Crippen LogP contribution in [0.5, 0.6) is 0 Å². The van der Waals surface area contributed by atoms with Gasteiger partial charge < -0.3 is 15.5 Å². The van der Waals surface area contributed by atoms with Crippen LogP contribution in [0.3, 0.4) is 0 Å². The Hall–Kier alpha value is -3.01. The van der Waals surface area contributed by atoms with E-state index in [4.69, 9.17) is 4.98 Å². The first kappa shape index (κ1) is 19.7. The number of nitrogens with zero attached hydrogens (tertiary/aromatic N) is 6. The molecule has 32 heavy (non-hydrogen) atoms. The maximum atomic E-state index is 12.3. The number of hydrogen-bond acceptors (Lipinski definition) is 8. The molecule has 0 radical (unpaired) electrons. The molecule has 166 valence electrons. The molecule has 3 aromatic heterocycles. The molecule has 4 heterocycles. The lowest BCUT2D eigenvalue weighted by atomic mass is 10.0. The topological polar surface area (TPSA) is 101 Å². The molecule has 1 amide bonds. The van der Waals surface area contributed by atoms with E-state index >= 15 is 0 Å². The fraction of sp³-hybridized carbons (Fsp3) is 0.500. The molecule has 3 aliphatic rings. The molecule has 2 fully saturated rings. The molecule has 1 atom stereocenters. The summed E-state index contributed by atoms with van der Waals surface area (Å²) in [4.78, 5) is 25.0. The summed E-state index contributed by atoms with van der Waals surface area (Å²) in [6.45, 7) is 2.19. The molecule has 10 heteroatoms. The van der Waals surface area contributed by atoms with Crippen molar-refractivity contribution < 1.29 is 4.79 Å². The van der Waals surface area contributed by atoms with Crippen molar-refractivity contribution >= 4 is 34.0 Å². The van der Waals surface area contributed by atoms with Crippen LogP contribution in [-0.2, 0) is 0 Å². The Labute approximate surface area is 190 Å². The molecule has 0 unspecified atom stereocenters. The number of fused-ring (bicyclic) bond motifs is 3. The fourth-order valence-corrected chi connectivity index (χ4v) is 5.63. The Morgan fingerprint density at radius 1 is 1.22 bits per heavy atom. The van der Waals surface area contributed by atoms with E-state index in [-0.39, 0.29) is 11.9 Å². The average Bonchev–Trinajstić information content (AvgIpc) is 3.23. The van der Waals surface area contributed by atoms with Crippen molar-refractivity contribution in [3.8, 4) is 5.69 Å². The van der Waals surface area contributed by atoms with E-state index in [0.29, 0.717) is 22.9 Å². The third kappa shape index (κ3) is 3.42.